The summed E-state index contributed by atoms with van der Waals surface area (Å²) >= 11 is 0. The van der Waals surface area contributed by atoms with Crippen molar-refractivity contribution in [2.45, 2.75) is 182 Å². The molecule has 0 radical (unpaired) electrons. The van der Waals surface area contributed by atoms with Crippen molar-refractivity contribution >= 4 is 5.78 Å². The minimum atomic E-state index is -1.77. The molecule has 4 aliphatic carbocycles. The molecule has 370 valence electrons. The number of allylic oxidation sites excluding steroid dienone is 1. The molecule has 20 heteroatoms. The lowest BCUT2D eigenvalue weighted by molar-refractivity contribution is -0.363. The van der Waals surface area contributed by atoms with E-state index in [9.17, 15) is 61.0 Å². The van der Waals surface area contributed by atoms with Gasteiger partial charge in [-0.15, -0.1) is 0 Å². The van der Waals surface area contributed by atoms with Crippen LogP contribution in [0.25, 0.3) is 0 Å². The van der Waals surface area contributed by atoms with Gasteiger partial charge in [0.1, 0.15) is 79.0 Å². The molecule has 0 aromatic rings. The Morgan fingerprint density at radius 2 is 1.32 bits per heavy atom. The minimum Gasteiger partial charge on any atom is -0.394 e. The second-order valence-electron chi connectivity index (χ2n) is 20.9. The van der Waals surface area contributed by atoms with Crippen molar-refractivity contribution in [3.05, 3.63) is 11.6 Å². The molecule has 0 unspecified atom stereocenters. The number of carbonyl (C=O) groups excluding carboxylic acids is 1. The van der Waals surface area contributed by atoms with Gasteiger partial charge >= 0.3 is 0 Å². The molecule has 1 spiro atoms. The quantitative estimate of drug-likeness (QED) is 0.0997. The molecule has 9 aliphatic rings. The highest BCUT2D eigenvalue weighted by atomic mass is 16.7. The number of rotatable bonds is 10. The molecule has 3 saturated carbocycles. The van der Waals surface area contributed by atoms with Crippen LogP contribution in [0.3, 0.4) is 0 Å². The molecule has 0 aromatic heterocycles. The van der Waals surface area contributed by atoms with E-state index in [4.69, 9.17) is 37.9 Å². The molecule has 8 fully saturated rings. The largest absolute Gasteiger partial charge is 0.394 e. The van der Waals surface area contributed by atoms with Gasteiger partial charge in [0.15, 0.2) is 24.7 Å². The van der Waals surface area contributed by atoms with Crippen molar-refractivity contribution in [3.8, 4) is 0 Å². The van der Waals surface area contributed by atoms with E-state index < -0.39 is 129 Å². The van der Waals surface area contributed by atoms with Gasteiger partial charge in [-0.05, 0) is 61.7 Å². The summed E-state index contributed by atoms with van der Waals surface area (Å²) in [4.78, 5) is 14.7. The highest BCUT2D eigenvalue weighted by Crippen LogP contribution is 2.69. The summed E-state index contributed by atoms with van der Waals surface area (Å²) in [5, 5.41) is 113. The maximum absolute atomic E-state index is 14.7. The zero-order chi connectivity index (χ0) is 46.5. The number of aliphatic hydroxyl groups is 11. The highest BCUT2D eigenvalue weighted by molar-refractivity contribution is 5.87. The van der Waals surface area contributed by atoms with Crippen LogP contribution in [0, 0.1) is 46.3 Å². The smallest absolute Gasteiger partial charge is 0.187 e. The lowest BCUT2D eigenvalue weighted by atomic mass is 9.46. The van der Waals surface area contributed by atoms with Gasteiger partial charge in [-0.25, -0.2) is 0 Å². The third kappa shape index (κ3) is 8.01. The van der Waals surface area contributed by atoms with E-state index in [0.29, 0.717) is 38.7 Å². The van der Waals surface area contributed by atoms with E-state index in [0.717, 1.165) is 19.3 Å². The number of ether oxygens (including phenoxy) is 8. The first kappa shape index (κ1) is 48.7. The summed E-state index contributed by atoms with van der Waals surface area (Å²) in [6, 6.07) is 0. The van der Waals surface area contributed by atoms with E-state index in [-0.39, 0.29) is 59.4 Å². The van der Waals surface area contributed by atoms with Crippen LogP contribution in [0.4, 0.5) is 0 Å². The van der Waals surface area contributed by atoms with Crippen LogP contribution >= 0.6 is 0 Å². The average Bonchev–Trinajstić information content (AvgIpc) is 3.75. The standard InChI is InChI=1S/C45H70O20/c1-18-30-25(65-45(18)9-6-19(17-59-45)16-58-40-36(55)33(52)31(50)26(13-46)61-40)11-24-22-5-4-20-10-21(7-8-43(20,2)23(22)12-29(49)44(24,30)3)60-41-38(57)35(54)39(28(15-48)63-41)64-42-37(56)34(53)32(51)27(14-47)62-42/h4,18-19,21-28,30-42,46-48,50-57H,5-17H2,1-3H3/t18-,19-,21-,22+,23-,24-,25-,26+,27+,28+,30-,31+,32+,33-,34-,35+,36+,37+,38+,39-,40+,41+,42-,43-,44+,45+/m0/s1. The Balaban J connectivity index is 0.808. The highest BCUT2D eigenvalue weighted by Gasteiger charge is 2.71. The monoisotopic (exact) mass is 930 g/mol. The molecule has 11 N–H and O–H groups in total. The van der Waals surface area contributed by atoms with Crippen molar-refractivity contribution in [1.29, 1.82) is 0 Å². The summed E-state index contributed by atoms with van der Waals surface area (Å²) in [6.45, 7) is 5.13. The van der Waals surface area contributed by atoms with E-state index >= 15 is 0 Å². The molecule has 5 aliphatic heterocycles. The van der Waals surface area contributed by atoms with Gasteiger partial charge in [-0.2, -0.15) is 0 Å². The van der Waals surface area contributed by atoms with Crippen molar-refractivity contribution in [3.63, 3.8) is 0 Å². The average molecular weight is 931 g/mol. The number of Topliss-reactive ketones (excluding diaryl/α,β-unsaturated/α-hetero) is 1. The fraction of sp³-hybridized carbons (Fsp3) is 0.933. The van der Waals surface area contributed by atoms with Crippen molar-refractivity contribution in [2.24, 2.45) is 46.3 Å². The van der Waals surface area contributed by atoms with Gasteiger partial charge in [0.05, 0.1) is 45.2 Å². The first-order valence-electron chi connectivity index (χ1n) is 23.6. The zero-order valence-electron chi connectivity index (χ0n) is 37.1. The summed E-state index contributed by atoms with van der Waals surface area (Å²) < 4.78 is 48.2. The van der Waals surface area contributed by atoms with Crippen molar-refractivity contribution < 1.29 is 98.9 Å². The SMILES string of the molecule is C[C@H]1[C@H]2[C@H](C[C@H]3[C@@H]4CC=C5C[C@@H](O[C@@H]6O[C@H](CO)[C@H](O[C@@H]7O[C@H](CO)[C@@H](O)[C@H](O)[C@H]7O)[C@H](O)[C@H]6O)CC[C@]5(C)[C@H]4CC(=O)[C@]23C)O[C@]12CC[C@@H](CO[C@@H]1O[C@H](CO)[C@@H](O)[C@H](O)[C@H]1O)CO2. The van der Waals surface area contributed by atoms with E-state index in [1.807, 2.05) is 0 Å². The lowest BCUT2D eigenvalue weighted by Gasteiger charge is -2.58. The Bertz CT molecular complexity index is 1720. The number of ketones is 1. The first-order valence-corrected chi connectivity index (χ1v) is 23.6. The molecular weight excluding hydrogens is 860 g/mol. The Morgan fingerprint density at radius 3 is 1.97 bits per heavy atom. The van der Waals surface area contributed by atoms with Crippen LogP contribution in [0.1, 0.15) is 72.1 Å². The molecule has 20 nitrogen and oxygen atoms in total. The molecule has 26 atom stereocenters. The molecule has 0 bridgehead atoms. The fourth-order valence-electron chi connectivity index (χ4n) is 13.8. The Kier molecular flexibility index (Phi) is 13.8. The number of fused-ring (bicyclic) bond motifs is 7. The molecule has 0 amide bonds. The summed E-state index contributed by atoms with van der Waals surface area (Å²) in [5.41, 5.74) is 0.321. The third-order valence-electron chi connectivity index (χ3n) is 17.7. The Hall–Kier alpha value is -1.35. The minimum absolute atomic E-state index is 0.0209. The molecule has 0 aromatic carbocycles. The second-order valence-corrected chi connectivity index (χ2v) is 20.9. The van der Waals surface area contributed by atoms with E-state index in [1.165, 1.54) is 5.57 Å². The molecule has 65 heavy (non-hydrogen) atoms. The topological polar surface area (TPSA) is 313 Å². The van der Waals surface area contributed by atoms with Gasteiger partial charge < -0.3 is 94.1 Å². The van der Waals surface area contributed by atoms with E-state index in [1.54, 1.807) is 0 Å². The van der Waals surface area contributed by atoms with Crippen molar-refractivity contribution in [2.75, 3.05) is 33.0 Å². The van der Waals surface area contributed by atoms with Crippen LogP contribution in [0.2, 0.25) is 0 Å². The Morgan fingerprint density at radius 1 is 0.708 bits per heavy atom. The molecule has 9 rings (SSSR count). The van der Waals surface area contributed by atoms with Gasteiger partial charge in [0, 0.05) is 36.0 Å². The predicted octanol–water partition coefficient (Wildman–Crippen LogP) is -2.66. The molecule has 5 saturated heterocycles. The van der Waals surface area contributed by atoms with E-state index in [2.05, 4.69) is 26.8 Å². The second kappa shape index (κ2) is 18.4. The predicted molar refractivity (Wildman–Crippen MR) is 217 cm³/mol. The summed E-state index contributed by atoms with van der Waals surface area (Å²) in [6.07, 6.45) is -15.2. The number of hydrogen-bond acceptors (Lipinski definition) is 20. The van der Waals surface area contributed by atoms with Crippen LogP contribution < -0.4 is 0 Å². The maximum atomic E-state index is 14.7. The number of carbonyl (C=O) groups is 1. The normalized spacial score (nSPS) is 55.6. The lowest BCUT2D eigenvalue weighted by Crippen LogP contribution is -2.65. The molecular formula is C45H70O20. The van der Waals surface area contributed by atoms with Gasteiger partial charge in [0.25, 0.3) is 0 Å². The van der Waals surface area contributed by atoms with Gasteiger partial charge in [-0.3, -0.25) is 4.79 Å². The zero-order valence-corrected chi connectivity index (χ0v) is 37.1. The summed E-state index contributed by atoms with van der Waals surface area (Å²) in [7, 11) is 0. The Labute approximate surface area is 377 Å². The van der Waals surface area contributed by atoms with Crippen LogP contribution in [0.5, 0.6) is 0 Å². The first-order chi connectivity index (χ1) is 30.9. The van der Waals surface area contributed by atoms with Gasteiger partial charge in [-0.1, -0.05) is 32.4 Å². The third-order valence-corrected chi connectivity index (χ3v) is 17.7. The van der Waals surface area contributed by atoms with Crippen LogP contribution in [-0.4, -0.2) is 205 Å². The maximum Gasteiger partial charge on any atom is 0.187 e. The van der Waals surface area contributed by atoms with Crippen molar-refractivity contribution in [1.82, 2.24) is 0 Å². The number of hydrogen-bond donors (Lipinski definition) is 11. The molecule has 5 heterocycles. The van der Waals surface area contributed by atoms with Crippen LogP contribution in [-0.2, 0) is 42.7 Å². The van der Waals surface area contributed by atoms with Crippen LogP contribution in [0.15, 0.2) is 11.6 Å². The van der Waals surface area contributed by atoms with Gasteiger partial charge in [0.2, 0.25) is 0 Å². The fourth-order valence-corrected chi connectivity index (χ4v) is 13.8. The number of aliphatic hydroxyl groups excluding tert-OH is 11. The summed E-state index contributed by atoms with van der Waals surface area (Å²) in [5.74, 6) is -0.210.